The molecule has 0 fully saturated rings. The molecule has 12 heteroatoms. The molecular weight excluding hydrogens is 604 g/mol. The molecule has 4 N–H and O–H groups in total. The molecular formula is C35H39N4O8-. The van der Waals surface area contributed by atoms with Crippen LogP contribution in [0.2, 0.25) is 0 Å². The molecule has 248 valence electrons. The maximum absolute atomic E-state index is 13.3. The lowest BCUT2D eigenvalue weighted by Crippen LogP contribution is -2.54. The molecule has 0 spiro atoms. The number of carboxylic acids is 1. The summed E-state index contributed by atoms with van der Waals surface area (Å²) in [5.74, 6) is -3.80. The Bertz CT molecular complexity index is 1600. The molecule has 0 saturated heterocycles. The number of aliphatic imine (C=N–C) groups is 1. The predicted molar refractivity (Wildman–Crippen MR) is 174 cm³/mol. The first-order valence-electron chi connectivity index (χ1n) is 14.9. The number of amidine groups is 1. The molecule has 1 unspecified atom stereocenters. The van der Waals surface area contributed by atoms with Crippen LogP contribution >= 0.6 is 0 Å². The number of benzene rings is 3. The number of hydrogen-bond donors (Lipinski definition) is 4. The van der Waals surface area contributed by atoms with Gasteiger partial charge in [-0.1, -0.05) is 62.4 Å². The van der Waals surface area contributed by atoms with Crippen molar-refractivity contribution >= 4 is 35.3 Å². The van der Waals surface area contributed by atoms with Gasteiger partial charge in [-0.15, -0.1) is 0 Å². The van der Waals surface area contributed by atoms with E-state index in [2.05, 4.69) is 15.6 Å². The van der Waals surface area contributed by atoms with Crippen LogP contribution in [0.5, 0.6) is 11.5 Å². The lowest BCUT2D eigenvalue weighted by Gasteiger charge is -2.25. The van der Waals surface area contributed by atoms with Crippen LogP contribution in [0.15, 0.2) is 77.8 Å². The molecule has 0 bridgehead atoms. The van der Waals surface area contributed by atoms with Crippen LogP contribution in [-0.4, -0.2) is 66.2 Å². The van der Waals surface area contributed by atoms with Gasteiger partial charge in [0.2, 0.25) is 11.8 Å². The van der Waals surface area contributed by atoms with Crippen LogP contribution in [0.1, 0.15) is 49.4 Å². The van der Waals surface area contributed by atoms with E-state index in [1.165, 1.54) is 32.2 Å². The highest BCUT2D eigenvalue weighted by atomic mass is 16.5. The fraction of sp³-hybridized carbons (Fsp3) is 0.314. The zero-order chi connectivity index (χ0) is 34.5. The minimum atomic E-state index is -1.40. The average Bonchev–Trinajstić information content (AvgIpc) is 3.02. The lowest BCUT2D eigenvalue weighted by atomic mass is 10.0. The summed E-state index contributed by atoms with van der Waals surface area (Å²) in [6.45, 7) is 4.25. The lowest BCUT2D eigenvalue weighted by molar-refractivity contribution is -0.212. The van der Waals surface area contributed by atoms with Gasteiger partial charge in [0.1, 0.15) is 36.0 Å². The first-order valence-corrected chi connectivity index (χ1v) is 14.9. The van der Waals surface area contributed by atoms with Crippen LogP contribution in [0, 0.1) is 11.3 Å². The van der Waals surface area contributed by atoms with Crippen molar-refractivity contribution in [3.8, 4) is 11.5 Å². The average molecular weight is 644 g/mol. The minimum absolute atomic E-state index is 0.152. The first-order chi connectivity index (χ1) is 22.4. The molecule has 47 heavy (non-hydrogen) atoms. The van der Waals surface area contributed by atoms with Crippen LogP contribution < -0.4 is 25.2 Å². The summed E-state index contributed by atoms with van der Waals surface area (Å²) in [5, 5.41) is 34.3. The second-order valence-electron chi connectivity index (χ2n) is 11.2. The summed E-state index contributed by atoms with van der Waals surface area (Å²) in [6, 6.07) is 19.0. The highest BCUT2D eigenvalue weighted by molar-refractivity contribution is 5.99. The van der Waals surface area contributed by atoms with Crippen LogP contribution in [0.25, 0.3) is 0 Å². The number of Topliss-reactive ketones (excluding diaryl/α,β-unsaturated/α-hetero) is 1. The van der Waals surface area contributed by atoms with E-state index in [1.807, 2.05) is 42.5 Å². The van der Waals surface area contributed by atoms with E-state index in [0.29, 0.717) is 17.1 Å². The van der Waals surface area contributed by atoms with Crippen molar-refractivity contribution in [2.24, 2.45) is 10.9 Å². The smallest absolute Gasteiger partial charge is 0.305 e. The molecule has 0 aliphatic carbocycles. The minimum Gasteiger partial charge on any atom is -0.858 e. The predicted octanol–water partition coefficient (Wildman–Crippen LogP) is 2.68. The number of nitrogens with one attached hydrogen (secondary N) is 3. The standard InChI is InChI=1S/C35H40N4O8/c1-21(2)33(39-31(41)18-26-17-25(12-15-30(26)46-4)34(44)37-22(3)36)35(45)38-28(19-32(42)43)29(40)20-47-27-13-10-24(11-14-27)16-23-8-6-5-7-9-23/h5-15,17,21,28,33H,16,18-20H2,1-4H3,(H,38,45)(H,39,41)(H,42,43)(H2,36,37,44)/p-1/t28?,33-/m0/s1. The summed E-state index contributed by atoms with van der Waals surface area (Å²) >= 11 is 0. The highest BCUT2D eigenvalue weighted by Gasteiger charge is 2.30. The molecule has 3 rings (SSSR count). The summed E-state index contributed by atoms with van der Waals surface area (Å²) in [6.07, 6.45) is -0.220. The maximum atomic E-state index is 13.3. The first kappa shape index (κ1) is 36.0. The molecule has 3 aromatic rings. The topological polar surface area (TPSA) is 190 Å². The van der Waals surface area contributed by atoms with Crippen LogP contribution in [0.4, 0.5) is 0 Å². The number of rotatable bonds is 16. The molecule has 0 radical (unpaired) electrons. The molecule has 0 aliphatic rings. The highest BCUT2D eigenvalue weighted by Crippen LogP contribution is 2.21. The van der Waals surface area contributed by atoms with Crippen LogP contribution in [0.3, 0.4) is 0 Å². The van der Waals surface area contributed by atoms with Crippen LogP contribution in [-0.2, 0) is 32.0 Å². The Labute approximate surface area is 273 Å². The second kappa shape index (κ2) is 17.2. The van der Waals surface area contributed by atoms with Crippen molar-refractivity contribution in [1.82, 2.24) is 10.6 Å². The van der Waals surface area contributed by atoms with E-state index in [4.69, 9.17) is 14.9 Å². The van der Waals surface area contributed by atoms with Crippen molar-refractivity contribution in [1.29, 1.82) is 5.41 Å². The van der Waals surface area contributed by atoms with Gasteiger partial charge in [0, 0.05) is 5.56 Å². The number of methoxy groups -OCH3 is 1. The van der Waals surface area contributed by atoms with Gasteiger partial charge in [-0.2, -0.15) is 0 Å². The molecule has 12 nitrogen and oxygen atoms in total. The van der Waals surface area contributed by atoms with Gasteiger partial charge in [0.15, 0.2) is 5.78 Å². The fourth-order valence-corrected chi connectivity index (χ4v) is 4.67. The number of carbonyl (C=O) groups excluding carboxylic acids is 3. The van der Waals surface area contributed by atoms with Gasteiger partial charge < -0.3 is 30.3 Å². The van der Waals surface area contributed by atoms with Gasteiger partial charge in [-0.3, -0.25) is 24.6 Å². The Kier molecular flexibility index (Phi) is 13.2. The van der Waals surface area contributed by atoms with Gasteiger partial charge in [-0.25, -0.2) is 4.99 Å². The summed E-state index contributed by atoms with van der Waals surface area (Å²) < 4.78 is 10.9. The van der Waals surface area contributed by atoms with Crippen molar-refractivity contribution in [3.05, 3.63) is 95.1 Å². The Morgan fingerprint density at radius 2 is 1.62 bits per heavy atom. The molecule has 0 aliphatic heterocycles. The van der Waals surface area contributed by atoms with Crippen molar-refractivity contribution in [3.63, 3.8) is 0 Å². The normalized spacial score (nSPS) is 12.5. The van der Waals surface area contributed by atoms with Crippen molar-refractivity contribution in [2.45, 2.75) is 52.1 Å². The Morgan fingerprint density at radius 1 is 0.957 bits per heavy atom. The zero-order valence-electron chi connectivity index (χ0n) is 26.7. The fourth-order valence-electron chi connectivity index (χ4n) is 4.67. The van der Waals surface area contributed by atoms with Gasteiger partial charge in [-0.05, 0) is 66.1 Å². The van der Waals surface area contributed by atoms with Crippen molar-refractivity contribution in [2.75, 3.05) is 13.7 Å². The number of ether oxygens (including phenoxy) is 2. The van der Waals surface area contributed by atoms with Crippen molar-refractivity contribution < 1.29 is 38.9 Å². The molecule has 0 aromatic heterocycles. The number of amides is 2. The molecule has 2 amide bonds. The number of ketones is 1. The zero-order valence-corrected chi connectivity index (χ0v) is 26.7. The molecule has 0 heterocycles. The number of carboxylic acid groups (broad SMARTS) is 1. The number of aliphatic carboxylic acids is 1. The van der Waals surface area contributed by atoms with Gasteiger partial charge in [0.25, 0.3) is 0 Å². The largest absolute Gasteiger partial charge is 0.858 e. The second-order valence-corrected chi connectivity index (χ2v) is 11.2. The third-order valence-electron chi connectivity index (χ3n) is 7.05. The van der Waals surface area contributed by atoms with E-state index in [1.54, 1.807) is 26.0 Å². The SMILES string of the molecule is COc1ccc(C([O-])=NC(C)=N)cc1CC(=O)N[C@H](C(=O)NC(CC(=O)O)C(=O)COc1ccc(Cc2ccccc2)cc1)C(C)C. The van der Waals surface area contributed by atoms with Gasteiger partial charge in [0.05, 0.1) is 20.0 Å². The monoisotopic (exact) mass is 643 g/mol. The number of hydrogen-bond acceptors (Lipinski definition) is 8. The molecule has 3 aromatic carbocycles. The van der Waals surface area contributed by atoms with E-state index in [-0.39, 0.29) is 17.8 Å². The molecule has 2 atom stereocenters. The Hall–Kier alpha value is -5.52. The van der Waals surface area contributed by atoms with E-state index in [0.717, 1.165) is 17.5 Å². The van der Waals surface area contributed by atoms with Gasteiger partial charge >= 0.3 is 5.97 Å². The van der Waals surface area contributed by atoms with E-state index < -0.39 is 60.5 Å². The quantitative estimate of drug-likeness (QED) is 0.135. The third-order valence-corrected chi connectivity index (χ3v) is 7.05. The maximum Gasteiger partial charge on any atom is 0.305 e. The Morgan fingerprint density at radius 3 is 2.21 bits per heavy atom. The summed E-state index contributed by atoms with van der Waals surface area (Å²) in [7, 11) is 1.40. The Balaban J connectivity index is 1.65. The molecule has 0 saturated carbocycles. The van der Waals surface area contributed by atoms with E-state index in [9.17, 15) is 29.4 Å². The third kappa shape index (κ3) is 11.4. The number of nitrogens with zero attached hydrogens (tertiary/aromatic N) is 1. The summed E-state index contributed by atoms with van der Waals surface area (Å²) in [5.41, 5.74) is 2.69. The number of carbonyl (C=O) groups is 4. The van der Waals surface area contributed by atoms with E-state index >= 15 is 0 Å². The summed E-state index contributed by atoms with van der Waals surface area (Å²) in [4.78, 5) is 54.5.